The molecule has 0 saturated carbocycles. The van der Waals surface area contributed by atoms with Crippen molar-refractivity contribution < 1.29 is 4.79 Å². The van der Waals surface area contributed by atoms with Gasteiger partial charge in [-0.2, -0.15) is 0 Å². The van der Waals surface area contributed by atoms with E-state index in [-0.39, 0.29) is 6.04 Å². The Morgan fingerprint density at radius 2 is 2.12 bits per heavy atom. The normalized spacial score (nSPS) is 20.8. The van der Waals surface area contributed by atoms with Crippen LogP contribution in [0.25, 0.3) is 0 Å². The third-order valence-corrected chi connectivity index (χ3v) is 2.97. The van der Waals surface area contributed by atoms with Crippen LogP contribution in [0, 0.1) is 6.92 Å². The summed E-state index contributed by atoms with van der Waals surface area (Å²) >= 11 is 0. The molecular weight excluding hydrogens is 202 g/mol. The summed E-state index contributed by atoms with van der Waals surface area (Å²) in [6, 6.07) is 7.55. The standard InChI is InChI=1S/C12H16N3O/c1-9-2-4-10(5-3-9)11-8-14-6-7-15(11)12(13)16/h2-5,11,13-14H,6-8H2,1H3. The van der Waals surface area contributed by atoms with Crippen LogP contribution in [0.4, 0.5) is 4.79 Å². The molecule has 1 heterocycles. The fourth-order valence-electron chi connectivity index (χ4n) is 2.03. The van der Waals surface area contributed by atoms with E-state index in [0.29, 0.717) is 6.54 Å². The fourth-order valence-corrected chi connectivity index (χ4v) is 2.03. The molecule has 1 aliphatic heterocycles. The summed E-state index contributed by atoms with van der Waals surface area (Å²) in [4.78, 5) is 12.8. The summed E-state index contributed by atoms with van der Waals surface area (Å²) in [6.45, 7) is 4.15. The van der Waals surface area contributed by atoms with Crippen LogP contribution in [0.1, 0.15) is 17.2 Å². The van der Waals surface area contributed by atoms with E-state index in [1.54, 1.807) is 4.90 Å². The lowest BCUT2D eigenvalue weighted by Crippen LogP contribution is -2.48. The highest BCUT2D eigenvalue weighted by Crippen LogP contribution is 2.22. The van der Waals surface area contributed by atoms with Crippen molar-refractivity contribution in [2.75, 3.05) is 19.6 Å². The molecule has 0 spiro atoms. The van der Waals surface area contributed by atoms with Crippen LogP contribution in [0.15, 0.2) is 24.3 Å². The van der Waals surface area contributed by atoms with Crippen molar-refractivity contribution in [2.45, 2.75) is 13.0 Å². The summed E-state index contributed by atoms with van der Waals surface area (Å²) in [5.74, 6) is 0. The number of hydrogen-bond donors (Lipinski definition) is 1. The van der Waals surface area contributed by atoms with Crippen LogP contribution in [-0.2, 0) is 0 Å². The van der Waals surface area contributed by atoms with Crippen LogP contribution in [0.2, 0.25) is 0 Å². The Hall–Kier alpha value is -1.55. The SMILES string of the molecule is Cc1ccc(C2CNCCN2C([NH])=O)cc1. The number of nitrogens with zero attached hydrogens (tertiary/aromatic N) is 1. The number of amides is 2. The molecule has 0 aromatic heterocycles. The summed E-state index contributed by atoms with van der Waals surface area (Å²) in [5.41, 5.74) is 9.55. The zero-order valence-electron chi connectivity index (χ0n) is 9.36. The average molecular weight is 218 g/mol. The molecule has 1 saturated heterocycles. The lowest BCUT2D eigenvalue weighted by Gasteiger charge is -2.34. The molecule has 85 valence electrons. The molecule has 1 aromatic rings. The quantitative estimate of drug-likeness (QED) is 0.773. The van der Waals surface area contributed by atoms with Gasteiger partial charge >= 0.3 is 6.03 Å². The molecule has 4 nitrogen and oxygen atoms in total. The van der Waals surface area contributed by atoms with Crippen molar-refractivity contribution in [1.82, 2.24) is 16.0 Å². The molecule has 2 N–H and O–H groups in total. The monoisotopic (exact) mass is 218 g/mol. The first kappa shape index (κ1) is 11.0. The zero-order chi connectivity index (χ0) is 11.5. The van der Waals surface area contributed by atoms with E-state index in [0.717, 1.165) is 18.7 Å². The topological polar surface area (TPSA) is 56.1 Å². The Morgan fingerprint density at radius 3 is 2.75 bits per heavy atom. The molecule has 2 amide bonds. The van der Waals surface area contributed by atoms with Gasteiger partial charge in [0.05, 0.1) is 6.04 Å². The van der Waals surface area contributed by atoms with Crippen molar-refractivity contribution in [3.8, 4) is 0 Å². The maximum Gasteiger partial charge on any atom is 0.336 e. The molecule has 1 fully saturated rings. The fraction of sp³-hybridized carbons (Fsp3) is 0.417. The Labute approximate surface area is 95.4 Å². The lowest BCUT2D eigenvalue weighted by molar-refractivity contribution is 0.166. The van der Waals surface area contributed by atoms with E-state index in [4.69, 9.17) is 5.73 Å². The van der Waals surface area contributed by atoms with E-state index < -0.39 is 6.03 Å². The summed E-state index contributed by atoms with van der Waals surface area (Å²) in [6.07, 6.45) is 0. The Kier molecular flexibility index (Phi) is 3.10. The number of carbonyl (C=O) groups is 1. The van der Waals surface area contributed by atoms with Crippen molar-refractivity contribution in [3.05, 3.63) is 35.4 Å². The molecule has 1 aliphatic rings. The predicted octanol–water partition coefficient (Wildman–Crippen LogP) is 1.34. The van der Waals surface area contributed by atoms with Gasteiger partial charge in [0.25, 0.3) is 0 Å². The van der Waals surface area contributed by atoms with Crippen molar-refractivity contribution in [3.63, 3.8) is 0 Å². The van der Waals surface area contributed by atoms with Crippen molar-refractivity contribution in [1.29, 1.82) is 0 Å². The van der Waals surface area contributed by atoms with Gasteiger partial charge in [0, 0.05) is 19.6 Å². The van der Waals surface area contributed by atoms with Gasteiger partial charge in [-0.05, 0) is 12.5 Å². The largest absolute Gasteiger partial charge is 0.336 e. The summed E-state index contributed by atoms with van der Waals surface area (Å²) in [5, 5.41) is 3.26. The van der Waals surface area contributed by atoms with Gasteiger partial charge in [-0.1, -0.05) is 29.8 Å². The van der Waals surface area contributed by atoms with E-state index in [9.17, 15) is 4.79 Å². The van der Waals surface area contributed by atoms with Gasteiger partial charge in [0.15, 0.2) is 0 Å². The minimum atomic E-state index is -0.591. The first-order valence-electron chi connectivity index (χ1n) is 5.48. The van der Waals surface area contributed by atoms with Crippen LogP contribution in [0.3, 0.4) is 0 Å². The maximum atomic E-state index is 11.2. The van der Waals surface area contributed by atoms with Crippen LogP contribution >= 0.6 is 0 Å². The summed E-state index contributed by atoms with van der Waals surface area (Å²) < 4.78 is 0. The van der Waals surface area contributed by atoms with Gasteiger partial charge in [0.2, 0.25) is 0 Å². The van der Waals surface area contributed by atoms with Gasteiger partial charge in [-0.15, -0.1) is 0 Å². The molecule has 1 aromatic carbocycles. The minimum absolute atomic E-state index is 0.000602. The number of hydrogen-bond acceptors (Lipinski definition) is 2. The maximum absolute atomic E-state index is 11.2. The molecule has 1 radical (unpaired) electrons. The Balaban J connectivity index is 2.23. The molecule has 2 rings (SSSR count). The lowest BCUT2D eigenvalue weighted by atomic mass is 10.0. The van der Waals surface area contributed by atoms with E-state index in [2.05, 4.69) is 5.32 Å². The minimum Gasteiger partial charge on any atom is -0.314 e. The highest BCUT2D eigenvalue weighted by atomic mass is 16.2. The third kappa shape index (κ3) is 2.17. The number of benzene rings is 1. The van der Waals surface area contributed by atoms with Crippen LogP contribution < -0.4 is 11.1 Å². The molecule has 0 bridgehead atoms. The van der Waals surface area contributed by atoms with Gasteiger partial charge in [-0.3, -0.25) is 0 Å². The number of carbonyl (C=O) groups excluding carboxylic acids is 1. The second kappa shape index (κ2) is 4.53. The number of rotatable bonds is 1. The highest BCUT2D eigenvalue weighted by molar-refractivity contribution is 5.72. The Bertz CT molecular complexity index is 374. The first-order chi connectivity index (χ1) is 7.68. The number of nitrogens with one attached hydrogen (secondary N) is 2. The summed E-state index contributed by atoms with van der Waals surface area (Å²) in [7, 11) is 0. The molecule has 0 aliphatic carbocycles. The second-order valence-corrected chi connectivity index (χ2v) is 4.13. The van der Waals surface area contributed by atoms with E-state index in [1.165, 1.54) is 5.56 Å². The predicted molar refractivity (Wildman–Crippen MR) is 62.0 cm³/mol. The first-order valence-corrected chi connectivity index (χ1v) is 5.48. The van der Waals surface area contributed by atoms with Crippen LogP contribution in [-0.4, -0.2) is 30.6 Å². The molecule has 16 heavy (non-hydrogen) atoms. The molecule has 4 heteroatoms. The van der Waals surface area contributed by atoms with E-state index in [1.807, 2.05) is 31.2 Å². The smallest absolute Gasteiger partial charge is 0.314 e. The van der Waals surface area contributed by atoms with Gasteiger partial charge < -0.3 is 10.2 Å². The molecule has 1 atom stereocenters. The van der Waals surface area contributed by atoms with E-state index >= 15 is 0 Å². The van der Waals surface area contributed by atoms with Gasteiger partial charge in [-0.25, -0.2) is 10.5 Å². The van der Waals surface area contributed by atoms with Crippen molar-refractivity contribution >= 4 is 6.03 Å². The number of piperazine rings is 1. The Morgan fingerprint density at radius 1 is 1.44 bits per heavy atom. The molecule has 1 unspecified atom stereocenters. The molecular formula is C12H16N3O. The van der Waals surface area contributed by atoms with Crippen molar-refractivity contribution in [2.24, 2.45) is 0 Å². The number of urea groups is 1. The van der Waals surface area contributed by atoms with Crippen LogP contribution in [0.5, 0.6) is 0 Å². The highest BCUT2D eigenvalue weighted by Gasteiger charge is 2.26. The van der Waals surface area contributed by atoms with Gasteiger partial charge in [0.1, 0.15) is 0 Å². The zero-order valence-corrected chi connectivity index (χ0v) is 9.36. The second-order valence-electron chi connectivity index (χ2n) is 4.13. The number of aryl methyl sites for hydroxylation is 1. The average Bonchev–Trinajstić information content (AvgIpc) is 2.30. The third-order valence-electron chi connectivity index (χ3n) is 2.97.